The summed E-state index contributed by atoms with van der Waals surface area (Å²) in [6, 6.07) is 9.61. The van der Waals surface area contributed by atoms with Gasteiger partial charge in [-0.05, 0) is 30.7 Å². The van der Waals surface area contributed by atoms with Crippen LogP contribution in [0.5, 0.6) is 0 Å². The number of carbonyl (C=O) groups is 1. The molecule has 1 N–H and O–H groups in total. The smallest absolute Gasteiger partial charge is 0.273 e. The predicted octanol–water partition coefficient (Wildman–Crippen LogP) is 3.52. The Balaban J connectivity index is 2.11. The quantitative estimate of drug-likeness (QED) is 0.515. The van der Waals surface area contributed by atoms with Crippen LogP contribution in [0.15, 0.2) is 64.7 Å². The highest BCUT2D eigenvalue weighted by Gasteiger charge is 2.35. The van der Waals surface area contributed by atoms with Crippen molar-refractivity contribution in [2.75, 3.05) is 11.4 Å². The van der Waals surface area contributed by atoms with Gasteiger partial charge in [-0.2, -0.15) is 0 Å². The second-order valence-corrected chi connectivity index (χ2v) is 5.24. The molecule has 5 nitrogen and oxygen atoms in total. The van der Waals surface area contributed by atoms with Gasteiger partial charge in [-0.25, -0.2) is 10.1 Å². The number of benzene rings is 1. The van der Waals surface area contributed by atoms with E-state index < -0.39 is 11.5 Å². The Morgan fingerprint density at radius 1 is 1.42 bits per heavy atom. The standard InChI is InChI=1S/C19H13N3O2/c1-3-22-13(9-8-12-6-4-5-7-16(12)22)10-14-17(15(11-20)21-2)19(24)18(14)23/h4-10,23H,3H2,1H3/b13-10+,17-15+. The first-order chi connectivity index (χ1) is 11.6. The number of hydrogen-bond acceptors (Lipinski definition) is 4. The van der Waals surface area contributed by atoms with Crippen LogP contribution in [-0.4, -0.2) is 17.4 Å². The molecule has 3 rings (SSSR count). The van der Waals surface area contributed by atoms with E-state index in [0.717, 1.165) is 16.9 Å². The van der Waals surface area contributed by atoms with Crippen molar-refractivity contribution < 1.29 is 9.90 Å². The molecule has 0 saturated carbocycles. The van der Waals surface area contributed by atoms with Gasteiger partial charge in [0.2, 0.25) is 5.78 Å². The zero-order valence-electron chi connectivity index (χ0n) is 12.9. The number of rotatable bonds is 2. The molecular formula is C19H13N3O2. The van der Waals surface area contributed by atoms with Crippen molar-refractivity contribution in [3.8, 4) is 6.07 Å². The van der Waals surface area contributed by atoms with Crippen LogP contribution in [0.2, 0.25) is 0 Å². The third kappa shape index (κ3) is 2.20. The zero-order valence-corrected chi connectivity index (χ0v) is 12.9. The van der Waals surface area contributed by atoms with E-state index in [-0.39, 0.29) is 16.8 Å². The summed E-state index contributed by atoms with van der Waals surface area (Å²) in [5.74, 6) is -1.06. The Kier molecular flexibility index (Phi) is 3.77. The lowest BCUT2D eigenvalue weighted by Gasteiger charge is -2.30. The number of hydrogen-bond donors (Lipinski definition) is 1. The van der Waals surface area contributed by atoms with Gasteiger partial charge in [0.05, 0.1) is 18.2 Å². The Labute approximate surface area is 139 Å². The number of anilines is 1. The van der Waals surface area contributed by atoms with Crippen molar-refractivity contribution in [1.29, 1.82) is 5.26 Å². The Morgan fingerprint density at radius 2 is 2.17 bits per heavy atom. The minimum Gasteiger partial charge on any atom is -0.504 e. The number of para-hydroxylation sites is 1. The van der Waals surface area contributed by atoms with Crippen LogP contribution in [0.1, 0.15) is 12.5 Å². The highest BCUT2D eigenvalue weighted by molar-refractivity contribution is 6.20. The molecule has 1 aromatic rings. The van der Waals surface area contributed by atoms with Crippen LogP contribution in [-0.2, 0) is 4.79 Å². The van der Waals surface area contributed by atoms with Gasteiger partial charge in [0.15, 0.2) is 5.76 Å². The first-order valence-electron chi connectivity index (χ1n) is 7.38. The molecule has 0 spiro atoms. The molecule has 2 aliphatic rings. The lowest BCUT2D eigenvalue weighted by atomic mass is 9.85. The van der Waals surface area contributed by atoms with Crippen LogP contribution >= 0.6 is 0 Å². The number of nitriles is 1. The number of ketones is 1. The number of fused-ring (bicyclic) bond motifs is 1. The molecule has 1 aliphatic heterocycles. The number of carbonyl (C=O) groups excluding carboxylic acids is 1. The van der Waals surface area contributed by atoms with Gasteiger partial charge in [0.1, 0.15) is 0 Å². The zero-order chi connectivity index (χ0) is 17.3. The van der Waals surface area contributed by atoms with E-state index in [0.29, 0.717) is 6.54 Å². The van der Waals surface area contributed by atoms with Crippen molar-refractivity contribution in [1.82, 2.24) is 0 Å². The number of aliphatic hydroxyl groups excluding tert-OH is 1. The largest absolute Gasteiger partial charge is 0.504 e. The second-order valence-electron chi connectivity index (χ2n) is 5.24. The number of aliphatic hydroxyl groups is 1. The second kappa shape index (κ2) is 5.91. The van der Waals surface area contributed by atoms with Gasteiger partial charge in [0, 0.05) is 23.5 Å². The Morgan fingerprint density at radius 3 is 2.83 bits per heavy atom. The molecule has 0 atom stereocenters. The lowest BCUT2D eigenvalue weighted by molar-refractivity contribution is -0.115. The SMILES string of the molecule is [C-]#[N+]/C(C#N)=C1/C(=O)C(O)=C1/C=C1\C=Cc2ccccc2N1CC. The third-order valence-corrected chi connectivity index (χ3v) is 4.00. The van der Waals surface area contributed by atoms with Gasteiger partial charge in [-0.1, -0.05) is 24.3 Å². The molecule has 0 radical (unpaired) electrons. The van der Waals surface area contributed by atoms with E-state index in [1.807, 2.05) is 48.2 Å². The topological polar surface area (TPSA) is 68.7 Å². The van der Waals surface area contributed by atoms with Gasteiger partial charge >= 0.3 is 0 Å². The molecule has 1 aliphatic carbocycles. The van der Waals surface area contributed by atoms with Crippen LogP contribution in [0.25, 0.3) is 10.9 Å². The third-order valence-electron chi connectivity index (χ3n) is 4.00. The molecule has 0 saturated heterocycles. The average Bonchev–Trinajstić information content (AvgIpc) is 2.63. The fourth-order valence-corrected chi connectivity index (χ4v) is 2.84. The van der Waals surface area contributed by atoms with Crippen LogP contribution in [0.3, 0.4) is 0 Å². The molecule has 1 heterocycles. The molecule has 116 valence electrons. The number of likely N-dealkylation sites (N-methyl/N-ethyl adjacent to an activating group) is 1. The fraction of sp³-hybridized carbons (Fsp3) is 0.105. The van der Waals surface area contributed by atoms with Gasteiger partial charge in [-0.3, -0.25) is 4.79 Å². The highest BCUT2D eigenvalue weighted by Crippen LogP contribution is 2.36. The van der Waals surface area contributed by atoms with E-state index in [1.54, 1.807) is 12.1 Å². The normalized spacial score (nSPS) is 19.5. The minimum absolute atomic E-state index is 0.0131. The van der Waals surface area contributed by atoms with Crippen LogP contribution in [0, 0.1) is 17.9 Å². The summed E-state index contributed by atoms with van der Waals surface area (Å²) in [6.07, 6.45) is 5.48. The summed E-state index contributed by atoms with van der Waals surface area (Å²) in [4.78, 5) is 16.9. The van der Waals surface area contributed by atoms with Crippen molar-refractivity contribution in [2.45, 2.75) is 6.92 Å². The van der Waals surface area contributed by atoms with Crippen LogP contribution < -0.4 is 4.90 Å². The highest BCUT2D eigenvalue weighted by atomic mass is 16.3. The first-order valence-corrected chi connectivity index (χ1v) is 7.38. The fourth-order valence-electron chi connectivity index (χ4n) is 2.84. The monoisotopic (exact) mass is 315 g/mol. The predicted molar refractivity (Wildman–Crippen MR) is 90.5 cm³/mol. The Hall–Kier alpha value is -3.57. The van der Waals surface area contributed by atoms with Crippen molar-refractivity contribution in [2.24, 2.45) is 0 Å². The number of Topliss-reactive ketones (excluding diaryl/α,β-unsaturated/α-hetero) is 1. The van der Waals surface area contributed by atoms with Crippen molar-refractivity contribution in [3.63, 3.8) is 0 Å². The molecule has 5 heteroatoms. The molecule has 1 aromatic carbocycles. The maximum Gasteiger partial charge on any atom is 0.273 e. The van der Waals surface area contributed by atoms with E-state index in [4.69, 9.17) is 11.8 Å². The van der Waals surface area contributed by atoms with E-state index >= 15 is 0 Å². The van der Waals surface area contributed by atoms with E-state index in [9.17, 15) is 9.90 Å². The van der Waals surface area contributed by atoms with Crippen molar-refractivity contribution in [3.05, 3.63) is 81.7 Å². The maximum atomic E-state index is 11.8. The molecule has 0 fully saturated rings. The maximum absolute atomic E-state index is 11.8. The van der Waals surface area contributed by atoms with Crippen LogP contribution in [0.4, 0.5) is 5.69 Å². The number of nitrogens with zero attached hydrogens (tertiary/aromatic N) is 3. The van der Waals surface area contributed by atoms with E-state index in [2.05, 4.69) is 4.85 Å². The van der Waals surface area contributed by atoms with E-state index in [1.165, 1.54) is 0 Å². The molecule has 0 bridgehead atoms. The summed E-state index contributed by atoms with van der Waals surface area (Å²) in [7, 11) is 0. The van der Waals surface area contributed by atoms with Crippen molar-refractivity contribution >= 4 is 17.5 Å². The molecule has 0 aromatic heterocycles. The molecule has 24 heavy (non-hydrogen) atoms. The summed E-state index contributed by atoms with van der Waals surface area (Å²) in [6.45, 7) is 9.71. The summed E-state index contributed by atoms with van der Waals surface area (Å²) < 4.78 is 0. The van der Waals surface area contributed by atoms with Gasteiger partial charge < -0.3 is 10.0 Å². The Bertz CT molecular complexity index is 934. The minimum atomic E-state index is -0.655. The molecule has 0 amide bonds. The summed E-state index contributed by atoms with van der Waals surface area (Å²) in [5, 5.41) is 18.9. The van der Waals surface area contributed by atoms with Gasteiger partial charge in [-0.15, -0.1) is 0 Å². The average molecular weight is 315 g/mol. The summed E-state index contributed by atoms with van der Waals surface area (Å²) >= 11 is 0. The number of allylic oxidation sites excluding steroid dienone is 5. The summed E-state index contributed by atoms with van der Waals surface area (Å²) in [5.41, 5.74) is 2.81. The lowest BCUT2D eigenvalue weighted by Crippen LogP contribution is -2.27. The van der Waals surface area contributed by atoms with Gasteiger partial charge in [0.25, 0.3) is 5.70 Å². The molecular weight excluding hydrogens is 302 g/mol. The first kappa shape index (κ1) is 15.3. The molecule has 0 unspecified atom stereocenters.